The predicted octanol–water partition coefficient (Wildman–Crippen LogP) is 0.554. The Morgan fingerprint density at radius 2 is 2.27 bits per heavy atom. The third kappa shape index (κ3) is 2.38. The van der Waals surface area contributed by atoms with E-state index >= 15 is 0 Å². The fourth-order valence-electron chi connectivity index (χ4n) is 1.33. The van der Waals surface area contributed by atoms with Crippen molar-refractivity contribution in [3.63, 3.8) is 0 Å². The summed E-state index contributed by atoms with van der Waals surface area (Å²) in [6.45, 7) is 0.695. The highest BCUT2D eigenvalue weighted by atomic mass is 15.3. The van der Waals surface area contributed by atoms with Gasteiger partial charge in [-0.1, -0.05) is 0 Å². The van der Waals surface area contributed by atoms with E-state index in [1.807, 2.05) is 18.3 Å². The molecule has 15 heavy (non-hydrogen) atoms. The van der Waals surface area contributed by atoms with Crippen LogP contribution in [0.4, 0.5) is 0 Å². The van der Waals surface area contributed by atoms with Crippen molar-refractivity contribution in [2.75, 3.05) is 6.54 Å². The van der Waals surface area contributed by atoms with E-state index in [1.165, 1.54) is 6.33 Å². The molecule has 2 aromatic heterocycles. The van der Waals surface area contributed by atoms with E-state index in [1.54, 1.807) is 10.9 Å². The zero-order valence-corrected chi connectivity index (χ0v) is 8.37. The van der Waals surface area contributed by atoms with Gasteiger partial charge in [-0.3, -0.25) is 0 Å². The summed E-state index contributed by atoms with van der Waals surface area (Å²) in [6, 6.07) is 3.80. The molecule has 0 unspecified atom stereocenters. The first kappa shape index (κ1) is 9.79. The second-order valence-electron chi connectivity index (χ2n) is 3.21. The minimum absolute atomic E-state index is 0.695. The van der Waals surface area contributed by atoms with Crippen molar-refractivity contribution in [3.8, 4) is 5.82 Å². The SMILES string of the molecule is NCCCc1ccn(-c2ccncn2)n1. The normalized spacial score (nSPS) is 10.5. The monoisotopic (exact) mass is 203 g/mol. The summed E-state index contributed by atoms with van der Waals surface area (Å²) in [5, 5.41) is 4.39. The molecule has 0 aliphatic rings. The van der Waals surface area contributed by atoms with E-state index in [9.17, 15) is 0 Å². The van der Waals surface area contributed by atoms with Crippen LogP contribution in [0.15, 0.2) is 30.9 Å². The number of aromatic nitrogens is 4. The van der Waals surface area contributed by atoms with Gasteiger partial charge in [-0.05, 0) is 25.5 Å². The van der Waals surface area contributed by atoms with Crippen LogP contribution in [0, 0.1) is 0 Å². The molecule has 0 amide bonds. The Morgan fingerprint density at radius 1 is 1.33 bits per heavy atom. The standard InChI is InChI=1S/C10H13N5/c11-5-1-2-9-4-7-15(14-9)10-3-6-12-8-13-10/h3-4,6-8H,1-2,5,11H2. The molecule has 0 aliphatic carbocycles. The topological polar surface area (TPSA) is 69.6 Å². The van der Waals surface area contributed by atoms with Crippen molar-refractivity contribution in [1.29, 1.82) is 0 Å². The van der Waals surface area contributed by atoms with E-state index in [4.69, 9.17) is 5.73 Å². The lowest BCUT2D eigenvalue weighted by molar-refractivity contribution is 0.764. The molecule has 78 valence electrons. The summed E-state index contributed by atoms with van der Waals surface area (Å²) >= 11 is 0. The molecule has 5 nitrogen and oxygen atoms in total. The van der Waals surface area contributed by atoms with Crippen molar-refractivity contribution in [1.82, 2.24) is 19.7 Å². The number of rotatable bonds is 4. The van der Waals surface area contributed by atoms with Crippen LogP contribution in [0.5, 0.6) is 0 Å². The number of nitrogens with two attached hydrogens (primary N) is 1. The average Bonchev–Trinajstić information content (AvgIpc) is 2.76. The van der Waals surface area contributed by atoms with E-state index in [0.29, 0.717) is 6.54 Å². The van der Waals surface area contributed by atoms with Gasteiger partial charge in [-0.25, -0.2) is 14.6 Å². The van der Waals surface area contributed by atoms with E-state index in [-0.39, 0.29) is 0 Å². The van der Waals surface area contributed by atoms with Gasteiger partial charge in [0.25, 0.3) is 0 Å². The molecule has 2 heterocycles. The minimum atomic E-state index is 0.695. The Hall–Kier alpha value is -1.75. The predicted molar refractivity (Wildman–Crippen MR) is 56.5 cm³/mol. The van der Waals surface area contributed by atoms with Crippen LogP contribution < -0.4 is 5.73 Å². The van der Waals surface area contributed by atoms with Gasteiger partial charge in [0, 0.05) is 18.5 Å². The number of hydrogen-bond acceptors (Lipinski definition) is 4. The first-order valence-corrected chi connectivity index (χ1v) is 4.91. The van der Waals surface area contributed by atoms with Crippen LogP contribution in [-0.2, 0) is 6.42 Å². The van der Waals surface area contributed by atoms with Crippen LogP contribution >= 0.6 is 0 Å². The molecule has 0 fully saturated rings. The number of hydrogen-bond donors (Lipinski definition) is 1. The molecule has 2 rings (SSSR count). The van der Waals surface area contributed by atoms with Crippen LogP contribution in [0.1, 0.15) is 12.1 Å². The zero-order valence-electron chi connectivity index (χ0n) is 8.37. The Labute approximate surface area is 88.0 Å². The molecule has 0 spiro atoms. The fraction of sp³-hybridized carbons (Fsp3) is 0.300. The number of aryl methyl sites for hydroxylation is 1. The average molecular weight is 203 g/mol. The molecule has 0 aliphatic heterocycles. The molecule has 0 atom stereocenters. The minimum Gasteiger partial charge on any atom is -0.330 e. The first-order chi connectivity index (χ1) is 7.40. The molecule has 5 heteroatoms. The Balaban J connectivity index is 2.14. The van der Waals surface area contributed by atoms with Gasteiger partial charge < -0.3 is 5.73 Å². The smallest absolute Gasteiger partial charge is 0.156 e. The van der Waals surface area contributed by atoms with E-state index in [2.05, 4.69) is 15.1 Å². The second kappa shape index (κ2) is 4.65. The molecule has 2 N–H and O–H groups in total. The molecule has 0 aromatic carbocycles. The first-order valence-electron chi connectivity index (χ1n) is 4.91. The largest absolute Gasteiger partial charge is 0.330 e. The van der Waals surface area contributed by atoms with Gasteiger partial charge in [-0.15, -0.1) is 0 Å². The Bertz CT molecular complexity index is 409. The lowest BCUT2D eigenvalue weighted by Gasteiger charge is -1.98. The Kier molecular flexibility index (Phi) is 3.04. The third-order valence-electron chi connectivity index (χ3n) is 2.08. The van der Waals surface area contributed by atoms with Gasteiger partial charge in [0.1, 0.15) is 6.33 Å². The van der Waals surface area contributed by atoms with Crippen LogP contribution in [-0.4, -0.2) is 26.3 Å². The van der Waals surface area contributed by atoms with Gasteiger partial charge >= 0.3 is 0 Å². The summed E-state index contributed by atoms with van der Waals surface area (Å²) in [7, 11) is 0. The highest BCUT2D eigenvalue weighted by Gasteiger charge is 2.00. The summed E-state index contributed by atoms with van der Waals surface area (Å²) in [6.07, 6.45) is 6.98. The molecule has 0 saturated heterocycles. The Morgan fingerprint density at radius 3 is 3.00 bits per heavy atom. The molecular weight excluding hydrogens is 190 g/mol. The quantitative estimate of drug-likeness (QED) is 0.788. The maximum atomic E-state index is 5.44. The molecule has 0 saturated carbocycles. The highest BCUT2D eigenvalue weighted by Crippen LogP contribution is 2.04. The lowest BCUT2D eigenvalue weighted by atomic mass is 10.2. The lowest BCUT2D eigenvalue weighted by Crippen LogP contribution is -2.02. The zero-order chi connectivity index (χ0) is 10.5. The van der Waals surface area contributed by atoms with Crippen molar-refractivity contribution in [2.24, 2.45) is 5.73 Å². The van der Waals surface area contributed by atoms with E-state index < -0.39 is 0 Å². The van der Waals surface area contributed by atoms with Gasteiger partial charge in [-0.2, -0.15) is 5.10 Å². The van der Waals surface area contributed by atoms with E-state index in [0.717, 1.165) is 24.4 Å². The third-order valence-corrected chi connectivity index (χ3v) is 2.08. The number of nitrogens with zero attached hydrogens (tertiary/aromatic N) is 4. The van der Waals surface area contributed by atoms with Gasteiger partial charge in [0.05, 0.1) is 5.69 Å². The summed E-state index contributed by atoms with van der Waals surface area (Å²) < 4.78 is 1.74. The molecule has 0 radical (unpaired) electrons. The summed E-state index contributed by atoms with van der Waals surface area (Å²) in [4.78, 5) is 7.97. The molecule has 0 bridgehead atoms. The van der Waals surface area contributed by atoms with Gasteiger partial charge in [0.15, 0.2) is 5.82 Å². The van der Waals surface area contributed by atoms with Crippen molar-refractivity contribution >= 4 is 0 Å². The van der Waals surface area contributed by atoms with Crippen LogP contribution in [0.25, 0.3) is 5.82 Å². The van der Waals surface area contributed by atoms with Crippen LogP contribution in [0.3, 0.4) is 0 Å². The van der Waals surface area contributed by atoms with Crippen molar-refractivity contribution in [3.05, 3.63) is 36.5 Å². The maximum Gasteiger partial charge on any atom is 0.156 e. The van der Waals surface area contributed by atoms with Crippen molar-refractivity contribution < 1.29 is 0 Å². The molecule has 2 aromatic rings. The molecular formula is C10H13N5. The fourth-order valence-corrected chi connectivity index (χ4v) is 1.33. The van der Waals surface area contributed by atoms with Crippen LogP contribution in [0.2, 0.25) is 0 Å². The highest BCUT2D eigenvalue weighted by molar-refractivity contribution is 5.18. The van der Waals surface area contributed by atoms with Crippen molar-refractivity contribution in [2.45, 2.75) is 12.8 Å². The maximum absolute atomic E-state index is 5.44. The summed E-state index contributed by atoms with van der Waals surface area (Å²) in [5.74, 6) is 0.781. The van der Waals surface area contributed by atoms with Gasteiger partial charge in [0.2, 0.25) is 0 Å². The second-order valence-corrected chi connectivity index (χ2v) is 3.21. The summed E-state index contributed by atoms with van der Waals surface area (Å²) in [5.41, 5.74) is 6.48.